The van der Waals surface area contributed by atoms with Gasteiger partial charge in [0, 0.05) is 18.1 Å². The van der Waals surface area contributed by atoms with Gasteiger partial charge in [0.2, 0.25) is 5.91 Å². The molecule has 122 valence electrons. The van der Waals surface area contributed by atoms with E-state index in [1.807, 2.05) is 60.5 Å². The number of carbonyl (C=O) groups is 1. The Labute approximate surface area is 142 Å². The first kappa shape index (κ1) is 17.3. The van der Waals surface area contributed by atoms with Crippen molar-refractivity contribution in [1.29, 1.82) is 0 Å². The van der Waals surface area contributed by atoms with Gasteiger partial charge < -0.3 is 10.1 Å². The van der Waals surface area contributed by atoms with E-state index in [1.165, 1.54) is 0 Å². The normalized spacial score (nSPS) is 10.6. The van der Waals surface area contributed by atoms with Crippen LogP contribution in [0.2, 0.25) is 5.02 Å². The van der Waals surface area contributed by atoms with E-state index in [4.69, 9.17) is 16.3 Å². The molecule has 0 atom stereocenters. The molecule has 2 aromatic carbocycles. The first-order chi connectivity index (χ1) is 11.1. The average Bonchev–Trinajstić information content (AvgIpc) is 2.55. The number of hydrogen-bond donors (Lipinski definition) is 1. The van der Waals surface area contributed by atoms with E-state index in [2.05, 4.69) is 5.32 Å². The van der Waals surface area contributed by atoms with Crippen molar-refractivity contribution in [3.05, 3.63) is 64.7 Å². The molecule has 0 aliphatic heterocycles. The van der Waals surface area contributed by atoms with Crippen molar-refractivity contribution in [3.63, 3.8) is 0 Å². The highest BCUT2D eigenvalue weighted by molar-refractivity contribution is 6.30. The lowest BCUT2D eigenvalue weighted by Crippen LogP contribution is -2.34. The molecular formula is C18H21ClN2O2. The summed E-state index contributed by atoms with van der Waals surface area (Å²) in [5, 5.41) is 3.64. The highest BCUT2D eigenvalue weighted by atomic mass is 35.5. The van der Waals surface area contributed by atoms with Gasteiger partial charge in [-0.15, -0.1) is 0 Å². The second-order valence-corrected chi connectivity index (χ2v) is 5.86. The maximum Gasteiger partial charge on any atom is 0.234 e. The lowest BCUT2D eigenvalue weighted by Gasteiger charge is -2.16. The Hall–Kier alpha value is -2.04. The highest BCUT2D eigenvalue weighted by Crippen LogP contribution is 2.12. The molecular weight excluding hydrogens is 312 g/mol. The fourth-order valence-electron chi connectivity index (χ4n) is 2.20. The number of methoxy groups -OCH3 is 1. The van der Waals surface area contributed by atoms with Crippen LogP contribution in [0.4, 0.5) is 0 Å². The molecule has 0 radical (unpaired) electrons. The van der Waals surface area contributed by atoms with Gasteiger partial charge >= 0.3 is 0 Å². The number of ether oxygens (including phenoxy) is 1. The zero-order valence-corrected chi connectivity index (χ0v) is 14.1. The Kier molecular flexibility index (Phi) is 6.44. The van der Waals surface area contributed by atoms with Gasteiger partial charge in [-0.3, -0.25) is 9.69 Å². The predicted octanol–water partition coefficient (Wildman–Crippen LogP) is 3.10. The Bertz CT molecular complexity index is 626. The molecule has 0 aliphatic rings. The number of rotatable bonds is 7. The van der Waals surface area contributed by atoms with Gasteiger partial charge in [0.25, 0.3) is 0 Å². The number of nitrogens with zero attached hydrogens (tertiary/aromatic N) is 1. The van der Waals surface area contributed by atoms with Gasteiger partial charge in [0.05, 0.1) is 13.7 Å². The third-order valence-corrected chi connectivity index (χ3v) is 3.68. The quantitative estimate of drug-likeness (QED) is 0.847. The molecule has 0 aliphatic carbocycles. The zero-order valence-electron chi connectivity index (χ0n) is 13.4. The largest absolute Gasteiger partial charge is 0.497 e. The van der Waals surface area contributed by atoms with Gasteiger partial charge in [-0.1, -0.05) is 35.9 Å². The molecule has 0 spiro atoms. The first-order valence-electron chi connectivity index (χ1n) is 7.39. The SMILES string of the molecule is COc1ccc(CNC(=O)CN(C)Cc2ccc(Cl)cc2)cc1. The van der Waals surface area contributed by atoms with Crippen molar-refractivity contribution < 1.29 is 9.53 Å². The first-order valence-corrected chi connectivity index (χ1v) is 7.77. The van der Waals surface area contributed by atoms with Crippen LogP contribution in [0.25, 0.3) is 0 Å². The van der Waals surface area contributed by atoms with Crippen LogP contribution < -0.4 is 10.1 Å². The molecule has 0 saturated heterocycles. The summed E-state index contributed by atoms with van der Waals surface area (Å²) in [5.41, 5.74) is 2.17. The van der Waals surface area contributed by atoms with Crippen molar-refractivity contribution in [2.45, 2.75) is 13.1 Å². The van der Waals surface area contributed by atoms with Crippen LogP contribution in [0.3, 0.4) is 0 Å². The lowest BCUT2D eigenvalue weighted by atomic mass is 10.2. The lowest BCUT2D eigenvalue weighted by molar-refractivity contribution is -0.122. The monoisotopic (exact) mass is 332 g/mol. The fourth-order valence-corrected chi connectivity index (χ4v) is 2.33. The maximum absolute atomic E-state index is 12.0. The third kappa shape index (κ3) is 5.93. The summed E-state index contributed by atoms with van der Waals surface area (Å²) in [4.78, 5) is 14.0. The second-order valence-electron chi connectivity index (χ2n) is 5.42. The Balaban J connectivity index is 1.75. The van der Waals surface area contributed by atoms with Crippen LogP contribution in [-0.4, -0.2) is 31.5 Å². The van der Waals surface area contributed by atoms with E-state index in [0.717, 1.165) is 16.9 Å². The molecule has 0 heterocycles. The summed E-state index contributed by atoms with van der Waals surface area (Å²) < 4.78 is 5.11. The van der Waals surface area contributed by atoms with E-state index >= 15 is 0 Å². The van der Waals surface area contributed by atoms with Gasteiger partial charge in [0.1, 0.15) is 5.75 Å². The number of nitrogens with one attached hydrogen (secondary N) is 1. The number of halogens is 1. The number of carbonyl (C=O) groups excluding carboxylic acids is 1. The minimum absolute atomic E-state index is 0.00252. The summed E-state index contributed by atoms with van der Waals surface area (Å²) in [5.74, 6) is 0.806. The number of amides is 1. The van der Waals surface area contributed by atoms with E-state index in [0.29, 0.717) is 24.7 Å². The van der Waals surface area contributed by atoms with Crippen LogP contribution in [-0.2, 0) is 17.9 Å². The second kappa shape index (κ2) is 8.56. The molecule has 2 rings (SSSR count). The minimum Gasteiger partial charge on any atom is -0.497 e. The molecule has 2 aromatic rings. The topological polar surface area (TPSA) is 41.6 Å². The van der Waals surface area contributed by atoms with E-state index in [-0.39, 0.29) is 5.91 Å². The van der Waals surface area contributed by atoms with E-state index in [9.17, 15) is 4.79 Å². The smallest absolute Gasteiger partial charge is 0.234 e. The summed E-state index contributed by atoms with van der Waals surface area (Å²) in [6.45, 7) is 1.56. The molecule has 4 nitrogen and oxygen atoms in total. The van der Waals surface area contributed by atoms with Crippen molar-refractivity contribution in [2.24, 2.45) is 0 Å². The maximum atomic E-state index is 12.0. The molecule has 5 heteroatoms. The Morgan fingerprint density at radius 3 is 2.30 bits per heavy atom. The molecule has 1 amide bonds. The van der Waals surface area contributed by atoms with Crippen molar-refractivity contribution in [1.82, 2.24) is 10.2 Å². The van der Waals surface area contributed by atoms with Crippen LogP contribution in [0.1, 0.15) is 11.1 Å². The Morgan fingerprint density at radius 2 is 1.70 bits per heavy atom. The fraction of sp³-hybridized carbons (Fsp3) is 0.278. The zero-order chi connectivity index (χ0) is 16.7. The van der Waals surface area contributed by atoms with Crippen molar-refractivity contribution in [3.8, 4) is 5.75 Å². The van der Waals surface area contributed by atoms with E-state index in [1.54, 1.807) is 7.11 Å². The summed E-state index contributed by atoms with van der Waals surface area (Å²) in [6.07, 6.45) is 0. The van der Waals surface area contributed by atoms with Crippen LogP contribution in [0, 0.1) is 0 Å². The number of likely N-dealkylation sites (N-methyl/N-ethyl adjacent to an activating group) is 1. The standard InChI is InChI=1S/C18H21ClN2O2/c1-21(12-15-3-7-16(19)8-4-15)13-18(22)20-11-14-5-9-17(23-2)10-6-14/h3-10H,11-13H2,1-2H3,(H,20,22). The molecule has 0 aromatic heterocycles. The number of benzene rings is 2. The van der Waals surface area contributed by atoms with Crippen LogP contribution >= 0.6 is 11.6 Å². The Morgan fingerprint density at radius 1 is 1.09 bits per heavy atom. The highest BCUT2D eigenvalue weighted by Gasteiger charge is 2.07. The molecule has 0 saturated carbocycles. The van der Waals surface area contributed by atoms with Gasteiger partial charge in [0.15, 0.2) is 0 Å². The average molecular weight is 333 g/mol. The molecule has 0 bridgehead atoms. The molecule has 23 heavy (non-hydrogen) atoms. The molecule has 1 N–H and O–H groups in total. The van der Waals surface area contributed by atoms with Gasteiger partial charge in [-0.25, -0.2) is 0 Å². The summed E-state index contributed by atoms with van der Waals surface area (Å²) >= 11 is 5.87. The van der Waals surface area contributed by atoms with Crippen LogP contribution in [0.5, 0.6) is 5.75 Å². The van der Waals surface area contributed by atoms with Gasteiger partial charge in [-0.05, 0) is 42.4 Å². The van der Waals surface area contributed by atoms with Gasteiger partial charge in [-0.2, -0.15) is 0 Å². The summed E-state index contributed by atoms with van der Waals surface area (Å²) in [6, 6.07) is 15.3. The summed E-state index contributed by atoms with van der Waals surface area (Å²) in [7, 11) is 3.55. The van der Waals surface area contributed by atoms with Crippen LogP contribution in [0.15, 0.2) is 48.5 Å². The van der Waals surface area contributed by atoms with Crippen molar-refractivity contribution >= 4 is 17.5 Å². The molecule has 0 unspecified atom stereocenters. The number of hydrogen-bond acceptors (Lipinski definition) is 3. The minimum atomic E-state index is -0.00252. The third-order valence-electron chi connectivity index (χ3n) is 3.43. The molecule has 0 fully saturated rings. The predicted molar refractivity (Wildman–Crippen MR) is 92.6 cm³/mol. The van der Waals surface area contributed by atoms with E-state index < -0.39 is 0 Å². The van der Waals surface area contributed by atoms with Crippen molar-refractivity contribution in [2.75, 3.05) is 20.7 Å².